The Bertz CT molecular complexity index is 420. The average molecular weight is 244 g/mol. The van der Waals surface area contributed by atoms with Crippen LogP contribution in [0.3, 0.4) is 0 Å². The molecule has 1 aromatic rings. The molecule has 18 heavy (non-hydrogen) atoms. The highest BCUT2D eigenvalue weighted by molar-refractivity contribution is 5.31. The van der Waals surface area contributed by atoms with Crippen molar-refractivity contribution in [2.75, 3.05) is 33.2 Å². The highest BCUT2D eigenvalue weighted by atomic mass is 15.3. The van der Waals surface area contributed by atoms with Crippen LogP contribution >= 0.6 is 0 Å². The summed E-state index contributed by atoms with van der Waals surface area (Å²) in [6, 6.07) is 10.4. The standard InChI is InChI=1S/C14H20N4/c1-17-6-7-18(14(9-16)11-17)10-13-4-2-12(8-15)3-5-13/h2-5,14H,6-7,9-11,16H2,1H3. The van der Waals surface area contributed by atoms with Crippen molar-refractivity contribution in [3.05, 3.63) is 35.4 Å². The van der Waals surface area contributed by atoms with Crippen molar-refractivity contribution in [2.45, 2.75) is 12.6 Å². The van der Waals surface area contributed by atoms with E-state index in [-0.39, 0.29) is 0 Å². The molecule has 2 N–H and O–H groups in total. The van der Waals surface area contributed by atoms with Gasteiger partial charge in [0.2, 0.25) is 0 Å². The van der Waals surface area contributed by atoms with Crippen LogP contribution in [0.25, 0.3) is 0 Å². The molecule has 2 rings (SSSR count). The number of nitrogens with zero attached hydrogens (tertiary/aromatic N) is 3. The molecule has 96 valence electrons. The Morgan fingerprint density at radius 1 is 1.33 bits per heavy atom. The van der Waals surface area contributed by atoms with E-state index in [9.17, 15) is 0 Å². The fourth-order valence-electron chi connectivity index (χ4n) is 2.40. The van der Waals surface area contributed by atoms with Crippen LogP contribution in [0.5, 0.6) is 0 Å². The van der Waals surface area contributed by atoms with Crippen LogP contribution in [0, 0.1) is 11.3 Å². The first kappa shape index (κ1) is 13.0. The SMILES string of the molecule is CN1CCN(Cc2ccc(C#N)cc2)C(CN)C1. The third kappa shape index (κ3) is 3.08. The quantitative estimate of drug-likeness (QED) is 0.847. The van der Waals surface area contributed by atoms with Crippen molar-refractivity contribution in [1.82, 2.24) is 9.80 Å². The van der Waals surface area contributed by atoms with Crippen molar-refractivity contribution < 1.29 is 0 Å². The molecule has 0 radical (unpaired) electrons. The molecule has 1 fully saturated rings. The molecule has 0 amide bonds. The van der Waals surface area contributed by atoms with Gasteiger partial charge in [-0.3, -0.25) is 4.90 Å². The Hall–Kier alpha value is -1.41. The van der Waals surface area contributed by atoms with E-state index < -0.39 is 0 Å². The van der Waals surface area contributed by atoms with Gasteiger partial charge >= 0.3 is 0 Å². The number of benzene rings is 1. The molecule has 1 aliphatic heterocycles. The normalized spacial score (nSPS) is 21.7. The van der Waals surface area contributed by atoms with Crippen LogP contribution in [0.2, 0.25) is 0 Å². The second-order valence-electron chi connectivity index (χ2n) is 4.93. The third-order valence-corrected chi connectivity index (χ3v) is 3.55. The van der Waals surface area contributed by atoms with Crippen molar-refractivity contribution in [3.63, 3.8) is 0 Å². The minimum atomic E-state index is 0.430. The lowest BCUT2D eigenvalue weighted by molar-refractivity contribution is 0.0881. The van der Waals surface area contributed by atoms with E-state index in [0.717, 1.165) is 26.2 Å². The Balaban J connectivity index is 2.01. The summed E-state index contributed by atoms with van der Waals surface area (Å²) in [7, 11) is 2.14. The molecule has 0 saturated carbocycles. The molecule has 1 unspecified atom stereocenters. The average Bonchev–Trinajstić information content (AvgIpc) is 2.41. The molecule has 1 aliphatic rings. The Morgan fingerprint density at radius 3 is 2.67 bits per heavy atom. The smallest absolute Gasteiger partial charge is 0.0991 e. The predicted octanol–water partition coefficient (Wildman–Crippen LogP) is 0.633. The Morgan fingerprint density at radius 2 is 2.06 bits per heavy atom. The van der Waals surface area contributed by atoms with Crippen molar-refractivity contribution in [1.29, 1.82) is 5.26 Å². The maximum atomic E-state index is 8.78. The van der Waals surface area contributed by atoms with E-state index in [1.165, 1.54) is 5.56 Å². The molecule has 1 saturated heterocycles. The third-order valence-electron chi connectivity index (χ3n) is 3.55. The van der Waals surface area contributed by atoms with Crippen molar-refractivity contribution in [2.24, 2.45) is 5.73 Å². The molecule has 0 aliphatic carbocycles. The fourth-order valence-corrected chi connectivity index (χ4v) is 2.40. The highest BCUT2D eigenvalue weighted by Crippen LogP contribution is 2.13. The summed E-state index contributed by atoms with van der Waals surface area (Å²) in [6.45, 7) is 4.79. The molecule has 0 aromatic heterocycles. The predicted molar refractivity (Wildman–Crippen MR) is 71.9 cm³/mol. The Kier molecular flexibility index (Phi) is 4.32. The zero-order valence-electron chi connectivity index (χ0n) is 10.8. The molecule has 0 bridgehead atoms. The maximum absolute atomic E-state index is 8.78. The maximum Gasteiger partial charge on any atom is 0.0991 e. The number of hydrogen-bond donors (Lipinski definition) is 1. The number of nitrogens with two attached hydrogens (primary N) is 1. The minimum Gasteiger partial charge on any atom is -0.329 e. The summed E-state index contributed by atoms with van der Waals surface area (Å²) in [5, 5.41) is 8.78. The van der Waals surface area contributed by atoms with E-state index in [4.69, 9.17) is 11.0 Å². The number of likely N-dealkylation sites (N-methyl/N-ethyl adjacent to an activating group) is 1. The number of rotatable bonds is 3. The van der Waals surface area contributed by atoms with Gasteiger partial charge in [-0.1, -0.05) is 12.1 Å². The number of piperazine rings is 1. The second-order valence-corrected chi connectivity index (χ2v) is 4.93. The van der Waals surface area contributed by atoms with Gasteiger partial charge in [0, 0.05) is 38.8 Å². The van der Waals surface area contributed by atoms with E-state index in [0.29, 0.717) is 18.2 Å². The zero-order chi connectivity index (χ0) is 13.0. The largest absolute Gasteiger partial charge is 0.329 e. The van der Waals surface area contributed by atoms with Gasteiger partial charge in [0.1, 0.15) is 0 Å². The number of hydrogen-bond acceptors (Lipinski definition) is 4. The monoisotopic (exact) mass is 244 g/mol. The lowest BCUT2D eigenvalue weighted by Crippen LogP contribution is -2.54. The van der Waals surface area contributed by atoms with Gasteiger partial charge in [0.25, 0.3) is 0 Å². The molecule has 4 nitrogen and oxygen atoms in total. The summed E-state index contributed by atoms with van der Waals surface area (Å²) in [4.78, 5) is 4.76. The lowest BCUT2D eigenvalue weighted by atomic mass is 10.1. The van der Waals surface area contributed by atoms with Gasteiger partial charge in [-0.15, -0.1) is 0 Å². The molecular formula is C14H20N4. The topological polar surface area (TPSA) is 56.3 Å². The van der Waals surface area contributed by atoms with Crippen LogP contribution in [-0.4, -0.2) is 49.1 Å². The van der Waals surface area contributed by atoms with Gasteiger partial charge in [-0.05, 0) is 24.7 Å². The fraction of sp³-hybridized carbons (Fsp3) is 0.500. The van der Waals surface area contributed by atoms with Crippen LogP contribution in [-0.2, 0) is 6.54 Å². The van der Waals surface area contributed by atoms with E-state index >= 15 is 0 Å². The summed E-state index contributed by atoms with van der Waals surface area (Å²) in [5.74, 6) is 0. The van der Waals surface area contributed by atoms with Crippen molar-refractivity contribution >= 4 is 0 Å². The number of nitriles is 1. The molecule has 1 aromatic carbocycles. The van der Waals surface area contributed by atoms with E-state index in [1.807, 2.05) is 24.3 Å². The van der Waals surface area contributed by atoms with E-state index in [1.54, 1.807) is 0 Å². The first-order valence-corrected chi connectivity index (χ1v) is 6.34. The van der Waals surface area contributed by atoms with E-state index in [2.05, 4.69) is 22.9 Å². The molecule has 0 spiro atoms. The van der Waals surface area contributed by atoms with Gasteiger partial charge in [-0.25, -0.2) is 0 Å². The first-order chi connectivity index (χ1) is 8.72. The molecule has 1 atom stereocenters. The summed E-state index contributed by atoms with van der Waals surface area (Å²) in [6.07, 6.45) is 0. The van der Waals surface area contributed by atoms with Crippen LogP contribution in [0.1, 0.15) is 11.1 Å². The van der Waals surface area contributed by atoms with Gasteiger partial charge in [0.15, 0.2) is 0 Å². The van der Waals surface area contributed by atoms with Gasteiger partial charge < -0.3 is 10.6 Å². The minimum absolute atomic E-state index is 0.430. The van der Waals surface area contributed by atoms with Crippen LogP contribution < -0.4 is 5.73 Å². The summed E-state index contributed by atoms with van der Waals surface area (Å²) >= 11 is 0. The zero-order valence-corrected chi connectivity index (χ0v) is 10.8. The second kappa shape index (κ2) is 5.96. The van der Waals surface area contributed by atoms with Gasteiger partial charge in [-0.2, -0.15) is 5.26 Å². The van der Waals surface area contributed by atoms with Crippen LogP contribution in [0.15, 0.2) is 24.3 Å². The summed E-state index contributed by atoms with van der Waals surface area (Å²) < 4.78 is 0. The van der Waals surface area contributed by atoms with Gasteiger partial charge in [0.05, 0.1) is 11.6 Å². The molecule has 4 heteroatoms. The Labute approximate surface area is 109 Å². The molecule has 1 heterocycles. The molecular weight excluding hydrogens is 224 g/mol. The lowest BCUT2D eigenvalue weighted by Gasteiger charge is -2.39. The highest BCUT2D eigenvalue weighted by Gasteiger charge is 2.23. The first-order valence-electron chi connectivity index (χ1n) is 6.34. The van der Waals surface area contributed by atoms with Crippen LogP contribution in [0.4, 0.5) is 0 Å². The summed E-state index contributed by atoms with van der Waals surface area (Å²) in [5.41, 5.74) is 7.81. The van der Waals surface area contributed by atoms with Crippen molar-refractivity contribution in [3.8, 4) is 6.07 Å².